The van der Waals surface area contributed by atoms with Gasteiger partial charge in [0, 0.05) is 0 Å². The number of rotatable bonds is 3. The Morgan fingerprint density at radius 3 is 3.20 bits per heavy atom. The van der Waals surface area contributed by atoms with Crippen LogP contribution in [0.25, 0.3) is 0 Å². The van der Waals surface area contributed by atoms with Crippen LogP contribution in [0, 0.1) is 0 Å². The van der Waals surface area contributed by atoms with Crippen molar-refractivity contribution in [1.82, 2.24) is 0 Å². The number of furan rings is 1. The van der Waals surface area contributed by atoms with E-state index in [1.54, 1.807) is 12.5 Å². The largest absolute Gasteiger partial charge is 0.463 e. The molecule has 0 spiro atoms. The van der Waals surface area contributed by atoms with Crippen molar-refractivity contribution in [3.8, 4) is 0 Å². The predicted molar refractivity (Wildman–Crippen MR) is 44.2 cm³/mol. The van der Waals surface area contributed by atoms with Gasteiger partial charge in [0.15, 0.2) is 0 Å². The summed E-state index contributed by atoms with van der Waals surface area (Å²) in [5.74, 6) is 0.746. The summed E-state index contributed by atoms with van der Waals surface area (Å²) in [6.45, 7) is 3.30. The third-order valence-electron chi connectivity index (χ3n) is 0.863. The Balaban J connectivity index is 2.47. The van der Waals surface area contributed by atoms with Crippen LogP contribution in [0.4, 0.5) is 0 Å². The van der Waals surface area contributed by atoms with Gasteiger partial charge in [0.1, 0.15) is 14.6 Å². The van der Waals surface area contributed by atoms with Crippen molar-refractivity contribution < 1.29 is 4.42 Å². The van der Waals surface area contributed by atoms with Crippen LogP contribution in [-0.4, -0.2) is 12.9 Å². The molecule has 1 rings (SSSR count). The SMILES string of the molecule is C=NPN=Cc1ccco1. The molecule has 52 valence electrons. The second kappa shape index (κ2) is 3.96. The summed E-state index contributed by atoms with van der Waals surface area (Å²) in [7, 11) is 0.176. The minimum atomic E-state index is 0.176. The lowest BCUT2D eigenvalue weighted by atomic mass is 10.5. The van der Waals surface area contributed by atoms with E-state index in [2.05, 4.69) is 16.2 Å². The van der Waals surface area contributed by atoms with Gasteiger partial charge in [0.25, 0.3) is 0 Å². The zero-order valence-corrected chi connectivity index (χ0v) is 6.32. The summed E-state index contributed by atoms with van der Waals surface area (Å²) in [6.07, 6.45) is 3.24. The lowest BCUT2D eigenvalue weighted by Gasteiger charge is -1.80. The van der Waals surface area contributed by atoms with Gasteiger partial charge in [-0.1, -0.05) is 0 Å². The van der Waals surface area contributed by atoms with Crippen molar-refractivity contribution in [2.24, 2.45) is 9.53 Å². The smallest absolute Gasteiger partial charge is 0.144 e. The Morgan fingerprint density at radius 1 is 1.70 bits per heavy atom. The number of hydrogen-bond donors (Lipinski definition) is 0. The summed E-state index contributed by atoms with van der Waals surface area (Å²) in [6, 6.07) is 3.64. The Bertz CT molecular complexity index is 218. The Morgan fingerprint density at radius 2 is 2.60 bits per heavy atom. The summed E-state index contributed by atoms with van der Waals surface area (Å²) in [5.41, 5.74) is 0. The first kappa shape index (κ1) is 7.16. The second-order valence-electron chi connectivity index (χ2n) is 1.53. The van der Waals surface area contributed by atoms with E-state index in [-0.39, 0.29) is 8.88 Å². The highest BCUT2D eigenvalue weighted by Gasteiger charge is 1.85. The van der Waals surface area contributed by atoms with Gasteiger partial charge in [0.2, 0.25) is 0 Å². The van der Waals surface area contributed by atoms with Crippen molar-refractivity contribution in [3.63, 3.8) is 0 Å². The molecule has 0 bridgehead atoms. The first-order valence-corrected chi connectivity index (χ1v) is 3.60. The topological polar surface area (TPSA) is 37.9 Å². The molecule has 1 atom stereocenters. The van der Waals surface area contributed by atoms with Crippen LogP contribution >= 0.6 is 8.88 Å². The van der Waals surface area contributed by atoms with Gasteiger partial charge in [-0.3, -0.25) is 4.76 Å². The Hall–Kier alpha value is -0.950. The molecule has 3 nitrogen and oxygen atoms in total. The molecule has 1 unspecified atom stereocenters. The van der Waals surface area contributed by atoms with Crippen molar-refractivity contribution in [1.29, 1.82) is 0 Å². The minimum absolute atomic E-state index is 0.176. The average molecular weight is 154 g/mol. The van der Waals surface area contributed by atoms with Crippen LogP contribution in [0.3, 0.4) is 0 Å². The molecule has 0 aliphatic heterocycles. The molecule has 10 heavy (non-hydrogen) atoms. The van der Waals surface area contributed by atoms with Gasteiger partial charge in [-0.25, -0.2) is 4.76 Å². The van der Waals surface area contributed by atoms with E-state index >= 15 is 0 Å². The molecule has 1 aromatic rings. The van der Waals surface area contributed by atoms with E-state index in [0.29, 0.717) is 0 Å². The Kier molecular flexibility index (Phi) is 2.84. The summed E-state index contributed by atoms with van der Waals surface area (Å²) in [5, 5.41) is 0. The number of hydrogen-bond acceptors (Lipinski definition) is 3. The molecule has 0 saturated carbocycles. The van der Waals surface area contributed by atoms with Crippen molar-refractivity contribution in [2.75, 3.05) is 0 Å². The van der Waals surface area contributed by atoms with E-state index in [0.717, 1.165) is 5.76 Å². The summed E-state index contributed by atoms with van der Waals surface area (Å²) >= 11 is 0. The first-order chi connectivity index (χ1) is 4.93. The highest BCUT2D eigenvalue weighted by Crippen LogP contribution is 2.10. The third kappa shape index (κ3) is 2.11. The molecule has 0 amide bonds. The molecule has 0 saturated heterocycles. The fourth-order valence-corrected chi connectivity index (χ4v) is 0.765. The predicted octanol–water partition coefficient (Wildman–Crippen LogP) is 1.91. The highest BCUT2D eigenvalue weighted by molar-refractivity contribution is 7.35. The molecule has 0 aromatic carbocycles. The summed E-state index contributed by atoms with van der Waals surface area (Å²) < 4.78 is 12.5. The van der Waals surface area contributed by atoms with Gasteiger partial charge < -0.3 is 4.42 Å². The molecule has 0 aliphatic carbocycles. The maximum absolute atomic E-state index is 4.97. The van der Waals surface area contributed by atoms with Crippen molar-refractivity contribution in [3.05, 3.63) is 24.2 Å². The zero-order chi connectivity index (χ0) is 7.23. The van der Waals surface area contributed by atoms with Gasteiger partial charge >= 0.3 is 0 Å². The van der Waals surface area contributed by atoms with Gasteiger partial charge in [0.05, 0.1) is 12.5 Å². The molecule has 1 heterocycles. The Labute approximate surface area is 60.8 Å². The molecule has 0 N–H and O–H groups in total. The molecule has 1 aromatic heterocycles. The van der Waals surface area contributed by atoms with Crippen molar-refractivity contribution >= 4 is 21.8 Å². The van der Waals surface area contributed by atoms with Crippen LogP contribution in [0.15, 0.2) is 32.3 Å². The molecular formula is C6H7N2OP. The van der Waals surface area contributed by atoms with Gasteiger partial charge in [-0.2, -0.15) is 0 Å². The lowest BCUT2D eigenvalue weighted by Crippen LogP contribution is -1.68. The molecular weight excluding hydrogens is 147 g/mol. The molecule has 4 heteroatoms. The quantitative estimate of drug-likeness (QED) is 0.484. The van der Waals surface area contributed by atoms with Crippen LogP contribution in [0.5, 0.6) is 0 Å². The monoisotopic (exact) mass is 154 g/mol. The van der Waals surface area contributed by atoms with Crippen LogP contribution < -0.4 is 0 Å². The number of nitrogens with zero attached hydrogens (tertiary/aromatic N) is 2. The van der Waals surface area contributed by atoms with Gasteiger partial charge in [-0.15, -0.1) is 0 Å². The minimum Gasteiger partial charge on any atom is -0.463 e. The van der Waals surface area contributed by atoms with E-state index < -0.39 is 0 Å². The van der Waals surface area contributed by atoms with E-state index in [4.69, 9.17) is 4.42 Å². The van der Waals surface area contributed by atoms with Crippen LogP contribution in [0.1, 0.15) is 5.76 Å². The van der Waals surface area contributed by atoms with E-state index in [9.17, 15) is 0 Å². The maximum atomic E-state index is 4.97. The maximum Gasteiger partial charge on any atom is 0.144 e. The molecule has 0 aliphatic rings. The van der Waals surface area contributed by atoms with Crippen molar-refractivity contribution in [2.45, 2.75) is 0 Å². The zero-order valence-electron chi connectivity index (χ0n) is 5.32. The average Bonchev–Trinajstić information content (AvgIpc) is 2.41. The van der Waals surface area contributed by atoms with Crippen LogP contribution in [0.2, 0.25) is 0 Å². The standard InChI is InChI=1S/C6H7N2OP/c1-7-10-8-5-6-3-2-4-9-6/h2-5,10H,1H2. The molecule has 0 radical (unpaired) electrons. The summed E-state index contributed by atoms with van der Waals surface area (Å²) in [4.78, 5) is 0. The normalized spacial score (nSPS) is 11.6. The van der Waals surface area contributed by atoms with Crippen LogP contribution in [-0.2, 0) is 0 Å². The second-order valence-corrected chi connectivity index (χ2v) is 2.31. The third-order valence-corrected chi connectivity index (χ3v) is 1.25. The van der Waals surface area contributed by atoms with E-state index in [1.165, 1.54) is 0 Å². The first-order valence-electron chi connectivity index (χ1n) is 2.71. The fourth-order valence-electron chi connectivity index (χ4n) is 0.498. The van der Waals surface area contributed by atoms with Gasteiger partial charge in [-0.05, 0) is 18.9 Å². The fraction of sp³-hybridized carbons (Fsp3) is 0. The molecule has 0 fully saturated rings. The highest BCUT2D eigenvalue weighted by atomic mass is 31.1. The lowest BCUT2D eigenvalue weighted by molar-refractivity contribution is 0.560. The van der Waals surface area contributed by atoms with E-state index in [1.807, 2.05) is 12.1 Å².